The molecule has 1 aliphatic carbocycles. The van der Waals surface area contributed by atoms with Crippen molar-refractivity contribution in [3.05, 3.63) is 29.3 Å². The SMILES string of the molecule is CC(C)(C)OC(=O)C[C@H](NC(=O)[C@@H]1CCCN(C(=O)OC2CCCC2)C1)C(O)COc1c(F)c(F)cc(F)c1F. The molecule has 1 heterocycles. The maximum atomic E-state index is 14.0. The summed E-state index contributed by atoms with van der Waals surface area (Å²) < 4.78 is 70.7. The highest BCUT2D eigenvalue weighted by Gasteiger charge is 2.35. The number of hydrogen-bond acceptors (Lipinski definition) is 7. The summed E-state index contributed by atoms with van der Waals surface area (Å²) in [5.74, 6) is -10.5. The molecule has 0 bridgehead atoms. The maximum Gasteiger partial charge on any atom is 0.410 e. The minimum atomic E-state index is -1.80. The molecule has 1 saturated carbocycles. The number of aliphatic hydroxyl groups is 1. The second-order valence-corrected chi connectivity index (χ2v) is 11.2. The molecule has 9 nitrogen and oxygen atoms in total. The third-order valence-corrected chi connectivity index (χ3v) is 6.69. The molecule has 1 unspecified atom stereocenters. The van der Waals surface area contributed by atoms with Gasteiger partial charge in [-0.05, 0) is 59.3 Å². The second kappa shape index (κ2) is 13.5. The number of likely N-dealkylation sites (tertiary alicyclic amines) is 1. The number of rotatable bonds is 9. The van der Waals surface area contributed by atoms with E-state index in [4.69, 9.17) is 14.2 Å². The molecule has 1 aliphatic heterocycles. The molecular formula is C27H36F4N2O7. The van der Waals surface area contributed by atoms with Crippen LogP contribution in [0.15, 0.2) is 6.07 Å². The summed E-state index contributed by atoms with van der Waals surface area (Å²) in [6, 6.07) is -1.34. The van der Waals surface area contributed by atoms with Crippen LogP contribution in [-0.2, 0) is 19.1 Å². The predicted molar refractivity (Wildman–Crippen MR) is 133 cm³/mol. The number of halogens is 4. The van der Waals surface area contributed by atoms with Crippen LogP contribution in [0.3, 0.4) is 0 Å². The van der Waals surface area contributed by atoms with E-state index in [0.29, 0.717) is 19.4 Å². The molecule has 40 heavy (non-hydrogen) atoms. The summed E-state index contributed by atoms with van der Waals surface area (Å²) >= 11 is 0. The lowest BCUT2D eigenvalue weighted by molar-refractivity contribution is -0.156. The van der Waals surface area contributed by atoms with E-state index >= 15 is 0 Å². The van der Waals surface area contributed by atoms with Crippen molar-refractivity contribution in [2.45, 2.75) is 89.6 Å². The number of aliphatic hydroxyl groups excluding tert-OH is 1. The molecule has 2 amide bonds. The highest BCUT2D eigenvalue weighted by molar-refractivity contribution is 5.81. The van der Waals surface area contributed by atoms with E-state index in [2.05, 4.69) is 5.32 Å². The Hall–Kier alpha value is -3.09. The van der Waals surface area contributed by atoms with Gasteiger partial charge >= 0.3 is 12.1 Å². The number of ether oxygens (including phenoxy) is 3. The summed E-state index contributed by atoms with van der Waals surface area (Å²) in [6.45, 7) is 4.39. The van der Waals surface area contributed by atoms with E-state index in [1.165, 1.54) is 4.90 Å². The number of esters is 1. The quantitative estimate of drug-likeness (QED) is 0.260. The van der Waals surface area contributed by atoms with Crippen LogP contribution in [-0.4, -0.2) is 71.5 Å². The fourth-order valence-corrected chi connectivity index (χ4v) is 4.69. The molecule has 224 valence electrons. The first kappa shape index (κ1) is 31.4. The molecule has 2 aliphatic rings. The molecule has 1 aromatic rings. The molecule has 0 radical (unpaired) electrons. The zero-order chi connectivity index (χ0) is 29.6. The fourth-order valence-electron chi connectivity index (χ4n) is 4.69. The molecule has 3 rings (SSSR count). The topological polar surface area (TPSA) is 114 Å². The molecule has 1 saturated heterocycles. The molecule has 0 aromatic heterocycles. The second-order valence-electron chi connectivity index (χ2n) is 11.2. The zero-order valence-electron chi connectivity index (χ0n) is 22.8. The maximum absolute atomic E-state index is 14.0. The van der Waals surface area contributed by atoms with Gasteiger partial charge in [0.2, 0.25) is 17.5 Å². The van der Waals surface area contributed by atoms with Crippen molar-refractivity contribution in [2.24, 2.45) is 5.92 Å². The Bertz CT molecular complexity index is 1050. The van der Waals surface area contributed by atoms with Crippen molar-refractivity contribution in [1.29, 1.82) is 0 Å². The van der Waals surface area contributed by atoms with Crippen molar-refractivity contribution >= 4 is 18.0 Å². The lowest BCUT2D eigenvalue weighted by Crippen LogP contribution is -2.52. The number of benzene rings is 1. The van der Waals surface area contributed by atoms with Crippen LogP contribution >= 0.6 is 0 Å². The third kappa shape index (κ3) is 8.70. The molecule has 1 aromatic carbocycles. The van der Waals surface area contributed by atoms with E-state index in [0.717, 1.165) is 25.7 Å². The number of hydrogen-bond donors (Lipinski definition) is 2. The Morgan fingerprint density at radius 3 is 2.27 bits per heavy atom. The lowest BCUT2D eigenvalue weighted by Gasteiger charge is -2.33. The fraction of sp³-hybridized carbons (Fsp3) is 0.667. The zero-order valence-corrected chi connectivity index (χ0v) is 22.8. The average molecular weight is 577 g/mol. The molecule has 2 fully saturated rings. The van der Waals surface area contributed by atoms with Crippen molar-refractivity contribution in [1.82, 2.24) is 10.2 Å². The first-order chi connectivity index (χ1) is 18.7. The van der Waals surface area contributed by atoms with Gasteiger partial charge in [-0.2, -0.15) is 8.78 Å². The highest BCUT2D eigenvalue weighted by atomic mass is 19.2. The van der Waals surface area contributed by atoms with Crippen LogP contribution in [0.1, 0.15) is 65.7 Å². The average Bonchev–Trinajstić information content (AvgIpc) is 3.39. The van der Waals surface area contributed by atoms with Crippen molar-refractivity contribution in [3.63, 3.8) is 0 Å². The molecule has 13 heteroatoms. The molecule has 2 N–H and O–H groups in total. The van der Waals surface area contributed by atoms with Gasteiger partial charge < -0.3 is 29.5 Å². The van der Waals surface area contributed by atoms with Crippen molar-refractivity contribution in [2.75, 3.05) is 19.7 Å². The summed E-state index contributed by atoms with van der Waals surface area (Å²) in [4.78, 5) is 39.7. The lowest BCUT2D eigenvalue weighted by atomic mass is 9.96. The van der Waals surface area contributed by atoms with Crippen LogP contribution in [0.25, 0.3) is 0 Å². The van der Waals surface area contributed by atoms with Crippen LogP contribution in [0.5, 0.6) is 5.75 Å². The monoisotopic (exact) mass is 576 g/mol. The molecule has 0 spiro atoms. The minimum Gasteiger partial charge on any atom is -0.485 e. The number of piperidine rings is 1. The van der Waals surface area contributed by atoms with Gasteiger partial charge in [0.15, 0.2) is 17.4 Å². The van der Waals surface area contributed by atoms with E-state index in [-0.39, 0.29) is 18.7 Å². The Kier molecular flexibility index (Phi) is 10.6. The van der Waals surface area contributed by atoms with Gasteiger partial charge in [-0.1, -0.05) is 0 Å². The van der Waals surface area contributed by atoms with Crippen LogP contribution in [0, 0.1) is 29.2 Å². The Balaban J connectivity index is 1.68. The Labute approximate surface area is 230 Å². The number of carbonyl (C=O) groups is 3. The van der Waals surface area contributed by atoms with Gasteiger partial charge in [0.25, 0.3) is 0 Å². The van der Waals surface area contributed by atoms with E-state index in [9.17, 15) is 37.1 Å². The first-order valence-corrected chi connectivity index (χ1v) is 13.4. The number of nitrogens with zero attached hydrogens (tertiary/aromatic N) is 1. The third-order valence-electron chi connectivity index (χ3n) is 6.69. The summed E-state index contributed by atoms with van der Waals surface area (Å²) in [6.07, 6.45) is 1.57. The smallest absolute Gasteiger partial charge is 0.410 e. The Morgan fingerprint density at radius 2 is 1.68 bits per heavy atom. The van der Waals surface area contributed by atoms with Crippen molar-refractivity contribution in [3.8, 4) is 5.75 Å². The number of amides is 2. The van der Waals surface area contributed by atoms with Gasteiger partial charge in [-0.25, -0.2) is 13.6 Å². The van der Waals surface area contributed by atoms with Gasteiger partial charge in [0, 0.05) is 19.2 Å². The van der Waals surface area contributed by atoms with Crippen LogP contribution in [0.2, 0.25) is 0 Å². The Morgan fingerprint density at radius 1 is 1.05 bits per heavy atom. The predicted octanol–water partition coefficient (Wildman–Crippen LogP) is 3.99. The van der Waals surface area contributed by atoms with E-state index in [1.807, 2.05) is 0 Å². The largest absolute Gasteiger partial charge is 0.485 e. The standard InChI is InChI=1S/C27H36F4N2O7/c1-27(2,3)40-21(35)12-19(20(34)14-38-24-22(30)17(28)11-18(29)23(24)31)32-25(36)15-7-6-10-33(13-15)26(37)39-16-8-4-5-9-16/h11,15-16,19-20,34H,4-10,12-14H2,1-3H3,(H,32,36)/t15-,19+,20?/m1/s1. The highest BCUT2D eigenvalue weighted by Crippen LogP contribution is 2.27. The van der Waals surface area contributed by atoms with E-state index in [1.54, 1.807) is 20.8 Å². The van der Waals surface area contributed by atoms with Gasteiger partial charge in [-0.3, -0.25) is 9.59 Å². The number of nitrogens with one attached hydrogen (secondary N) is 1. The van der Waals surface area contributed by atoms with Gasteiger partial charge in [-0.15, -0.1) is 0 Å². The summed E-state index contributed by atoms with van der Waals surface area (Å²) in [5, 5.41) is 13.3. The minimum absolute atomic E-state index is 0.0104. The summed E-state index contributed by atoms with van der Waals surface area (Å²) in [7, 11) is 0. The molecule has 3 atom stereocenters. The van der Waals surface area contributed by atoms with Crippen LogP contribution < -0.4 is 10.1 Å². The van der Waals surface area contributed by atoms with Gasteiger partial charge in [0.1, 0.15) is 24.4 Å². The molecular weight excluding hydrogens is 540 g/mol. The van der Waals surface area contributed by atoms with Crippen LogP contribution in [0.4, 0.5) is 22.4 Å². The van der Waals surface area contributed by atoms with E-state index < -0.39 is 83.7 Å². The normalized spacial score (nSPS) is 19.6. The van der Waals surface area contributed by atoms with Gasteiger partial charge in [0.05, 0.1) is 18.4 Å². The first-order valence-electron chi connectivity index (χ1n) is 13.4. The van der Waals surface area contributed by atoms with Crippen molar-refractivity contribution < 1.29 is 51.3 Å². The number of carbonyl (C=O) groups excluding carboxylic acids is 3. The summed E-state index contributed by atoms with van der Waals surface area (Å²) in [5.41, 5.74) is -0.887.